The van der Waals surface area contributed by atoms with Crippen molar-refractivity contribution in [3.63, 3.8) is 0 Å². The van der Waals surface area contributed by atoms with Gasteiger partial charge < -0.3 is 4.74 Å². The third-order valence-electron chi connectivity index (χ3n) is 2.76. The summed E-state index contributed by atoms with van der Waals surface area (Å²) in [6, 6.07) is 8.38. The summed E-state index contributed by atoms with van der Waals surface area (Å²) in [5.41, 5.74) is 0. The summed E-state index contributed by atoms with van der Waals surface area (Å²) in [5, 5.41) is 0. The Morgan fingerprint density at radius 2 is 1.94 bits per heavy atom. The summed E-state index contributed by atoms with van der Waals surface area (Å²) >= 11 is 1.91. The van der Waals surface area contributed by atoms with E-state index in [1.807, 2.05) is 17.8 Å². The van der Waals surface area contributed by atoms with E-state index in [9.17, 15) is 0 Å². The Balaban J connectivity index is 2.33. The largest absolute Gasteiger partial charge is 0.492 e. The fourth-order valence-corrected chi connectivity index (χ4v) is 2.67. The van der Waals surface area contributed by atoms with Crippen LogP contribution in [0, 0.1) is 6.92 Å². The van der Waals surface area contributed by atoms with Crippen molar-refractivity contribution in [2.24, 2.45) is 0 Å². The second kappa shape index (κ2) is 10.3. The van der Waals surface area contributed by atoms with Crippen molar-refractivity contribution in [2.45, 2.75) is 50.3 Å². The first-order valence-corrected chi connectivity index (χ1v) is 8.01. The van der Waals surface area contributed by atoms with Gasteiger partial charge in [0.1, 0.15) is 5.75 Å². The molecule has 0 amide bonds. The van der Waals surface area contributed by atoms with E-state index >= 15 is 0 Å². The van der Waals surface area contributed by atoms with Crippen molar-refractivity contribution in [1.29, 1.82) is 0 Å². The zero-order valence-corrected chi connectivity index (χ0v) is 12.3. The average Bonchev–Trinajstić information content (AvgIpc) is 2.40. The van der Waals surface area contributed by atoms with Crippen LogP contribution in [0.4, 0.5) is 0 Å². The molecule has 0 unspecified atom stereocenters. The second-order valence-electron chi connectivity index (χ2n) is 4.41. The monoisotopic (exact) mass is 265 g/mol. The Morgan fingerprint density at radius 1 is 1.11 bits per heavy atom. The summed E-state index contributed by atoms with van der Waals surface area (Å²) in [4.78, 5) is 1.28. The topological polar surface area (TPSA) is 9.23 Å². The van der Waals surface area contributed by atoms with E-state index < -0.39 is 0 Å². The highest BCUT2D eigenvalue weighted by molar-refractivity contribution is 7.99. The summed E-state index contributed by atoms with van der Waals surface area (Å²) in [6.07, 6.45) is 7.16. The zero-order valence-electron chi connectivity index (χ0n) is 11.5. The van der Waals surface area contributed by atoms with Crippen LogP contribution in [0.3, 0.4) is 0 Å². The van der Waals surface area contributed by atoms with Crippen LogP contribution in [0.5, 0.6) is 5.75 Å². The molecule has 0 atom stereocenters. The van der Waals surface area contributed by atoms with Gasteiger partial charge in [-0.05, 0) is 30.7 Å². The van der Waals surface area contributed by atoms with Crippen LogP contribution in [-0.2, 0) is 0 Å². The van der Waals surface area contributed by atoms with Gasteiger partial charge in [-0.15, -0.1) is 11.8 Å². The molecule has 1 aromatic carbocycles. The lowest BCUT2D eigenvalue weighted by Gasteiger charge is -2.10. The Morgan fingerprint density at radius 3 is 2.72 bits per heavy atom. The van der Waals surface area contributed by atoms with Gasteiger partial charge in [-0.1, -0.05) is 51.7 Å². The van der Waals surface area contributed by atoms with E-state index in [-0.39, 0.29) is 0 Å². The highest BCUT2D eigenvalue weighted by Gasteiger charge is 2.03. The number of hydrogen-bond donors (Lipinski definition) is 0. The molecule has 0 aromatic heterocycles. The lowest BCUT2D eigenvalue weighted by Crippen LogP contribution is -1.97. The van der Waals surface area contributed by atoms with Gasteiger partial charge in [0.2, 0.25) is 0 Å². The number of ether oxygens (including phenoxy) is 1. The van der Waals surface area contributed by atoms with Gasteiger partial charge in [0.05, 0.1) is 6.61 Å². The van der Waals surface area contributed by atoms with Crippen LogP contribution < -0.4 is 4.74 Å². The molecule has 0 heterocycles. The van der Waals surface area contributed by atoms with E-state index in [1.54, 1.807) is 0 Å². The van der Waals surface area contributed by atoms with Gasteiger partial charge in [0, 0.05) is 4.90 Å². The Hall–Kier alpha value is -0.630. The van der Waals surface area contributed by atoms with Crippen LogP contribution in [0.25, 0.3) is 0 Å². The molecule has 101 valence electrons. The first kappa shape index (κ1) is 15.4. The number of unbranched alkanes of at least 4 members (excludes halogenated alkanes) is 4. The van der Waals surface area contributed by atoms with Gasteiger partial charge in [-0.25, -0.2) is 0 Å². The highest BCUT2D eigenvalue weighted by atomic mass is 32.2. The minimum absolute atomic E-state index is 0.829. The normalized spacial score (nSPS) is 10.6. The van der Waals surface area contributed by atoms with Gasteiger partial charge in [0.15, 0.2) is 0 Å². The van der Waals surface area contributed by atoms with E-state index in [0.717, 1.165) is 25.2 Å². The lowest BCUT2D eigenvalue weighted by atomic mass is 10.2. The maximum absolute atomic E-state index is 5.82. The van der Waals surface area contributed by atoms with Crippen LogP contribution in [-0.4, -0.2) is 12.4 Å². The molecule has 0 N–H and O–H groups in total. The molecule has 0 aliphatic heterocycles. The van der Waals surface area contributed by atoms with E-state index in [0.29, 0.717) is 0 Å². The van der Waals surface area contributed by atoms with Crippen molar-refractivity contribution in [3.05, 3.63) is 31.2 Å². The first-order valence-electron chi connectivity index (χ1n) is 7.02. The second-order valence-corrected chi connectivity index (χ2v) is 5.55. The van der Waals surface area contributed by atoms with Crippen molar-refractivity contribution in [3.8, 4) is 5.75 Å². The molecule has 0 bridgehead atoms. The number of hydrogen-bond acceptors (Lipinski definition) is 2. The number of thioether (sulfide) groups is 1. The average molecular weight is 265 g/mol. The van der Waals surface area contributed by atoms with E-state index in [2.05, 4.69) is 32.0 Å². The van der Waals surface area contributed by atoms with Crippen LogP contribution in [0.1, 0.15) is 45.4 Å². The molecule has 1 nitrogen and oxygen atoms in total. The maximum Gasteiger partial charge on any atom is 0.132 e. The molecule has 2 heteroatoms. The molecule has 1 rings (SSSR count). The molecular weight excluding hydrogens is 240 g/mol. The third kappa shape index (κ3) is 6.34. The van der Waals surface area contributed by atoms with E-state index in [4.69, 9.17) is 4.74 Å². The van der Waals surface area contributed by atoms with Crippen LogP contribution in [0.2, 0.25) is 0 Å². The first-order chi connectivity index (χ1) is 8.88. The van der Waals surface area contributed by atoms with Gasteiger partial charge in [-0.3, -0.25) is 0 Å². The Bertz CT molecular complexity index is 312. The predicted molar refractivity (Wildman–Crippen MR) is 81.4 cm³/mol. The molecule has 1 radical (unpaired) electrons. The van der Waals surface area contributed by atoms with Gasteiger partial charge in [-0.2, -0.15) is 0 Å². The van der Waals surface area contributed by atoms with Crippen LogP contribution in [0.15, 0.2) is 29.2 Å². The van der Waals surface area contributed by atoms with E-state index in [1.165, 1.54) is 36.3 Å². The quantitative estimate of drug-likeness (QED) is 0.416. The minimum Gasteiger partial charge on any atom is -0.492 e. The number of benzene rings is 1. The SMILES string of the molecule is [CH2]CCCCCSc1ccccc1OCCCC. The lowest BCUT2D eigenvalue weighted by molar-refractivity contribution is 0.302. The molecule has 0 spiro atoms. The highest BCUT2D eigenvalue weighted by Crippen LogP contribution is 2.29. The Labute approximate surface area is 116 Å². The maximum atomic E-state index is 5.82. The minimum atomic E-state index is 0.829. The summed E-state index contributed by atoms with van der Waals surface area (Å²) < 4.78 is 5.82. The predicted octanol–water partition coefficient (Wildman–Crippen LogP) is 5.35. The molecule has 18 heavy (non-hydrogen) atoms. The molecule has 0 aliphatic rings. The molecule has 0 saturated heterocycles. The fourth-order valence-electron chi connectivity index (χ4n) is 1.65. The fraction of sp³-hybridized carbons (Fsp3) is 0.562. The number of para-hydroxylation sites is 1. The van der Waals surface area contributed by atoms with Crippen molar-refractivity contribution in [1.82, 2.24) is 0 Å². The Kier molecular flexibility index (Phi) is 8.83. The smallest absolute Gasteiger partial charge is 0.132 e. The van der Waals surface area contributed by atoms with Crippen molar-refractivity contribution >= 4 is 11.8 Å². The summed E-state index contributed by atoms with van der Waals surface area (Å²) in [6.45, 7) is 6.89. The van der Waals surface area contributed by atoms with Crippen molar-refractivity contribution < 1.29 is 4.74 Å². The molecule has 1 aromatic rings. The summed E-state index contributed by atoms with van der Waals surface area (Å²) in [7, 11) is 0. The molecule has 0 fully saturated rings. The number of rotatable bonds is 10. The molecule has 0 aliphatic carbocycles. The molecular formula is C16H25OS. The third-order valence-corrected chi connectivity index (χ3v) is 3.90. The molecule has 0 saturated carbocycles. The van der Waals surface area contributed by atoms with Gasteiger partial charge in [0.25, 0.3) is 0 Å². The van der Waals surface area contributed by atoms with Gasteiger partial charge >= 0.3 is 0 Å². The zero-order chi connectivity index (χ0) is 13.1. The van der Waals surface area contributed by atoms with Crippen molar-refractivity contribution in [2.75, 3.05) is 12.4 Å². The summed E-state index contributed by atoms with van der Waals surface area (Å²) in [5.74, 6) is 2.22. The van der Waals surface area contributed by atoms with Crippen LogP contribution >= 0.6 is 11.8 Å². The standard InChI is InChI=1S/C16H25OS/c1-3-5-7-10-14-18-16-12-9-8-11-15(16)17-13-6-4-2/h8-9,11-12H,1,3-7,10,13-14H2,2H3.